The first-order valence-corrected chi connectivity index (χ1v) is 7.24. The number of ether oxygens (including phenoxy) is 1. The van der Waals surface area contributed by atoms with Crippen molar-refractivity contribution in [3.05, 3.63) is 35.9 Å². The summed E-state index contributed by atoms with van der Waals surface area (Å²) in [6.45, 7) is -0.783. The second-order valence-electron chi connectivity index (χ2n) is 5.62. The summed E-state index contributed by atoms with van der Waals surface area (Å²) < 4.78 is 4.98. The van der Waals surface area contributed by atoms with Crippen LogP contribution in [0.25, 0.3) is 0 Å². The third kappa shape index (κ3) is 4.25. The van der Waals surface area contributed by atoms with Gasteiger partial charge in [0.2, 0.25) is 5.79 Å². The zero-order valence-corrected chi connectivity index (χ0v) is 12.4. The SMILES string of the molecule is O=C(O)[C@@H](Cc1ccccc1)NC[C@]1(O)OC[C@@H](O)[C@@H](O)[C@@H]1O. The molecule has 0 bridgehead atoms. The number of benzene rings is 1. The summed E-state index contributed by atoms with van der Waals surface area (Å²) in [6, 6.07) is 7.92. The summed E-state index contributed by atoms with van der Waals surface area (Å²) in [4.78, 5) is 11.3. The predicted octanol–water partition coefficient (Wildman–Crippen LogP) is -1.93. The number of aliphatic hydroxyl groups excluding tert-OH is 3. The van der Waals surface area contributed by atoms with E-state index in [1.54, 1.807) is 24.3 Å². The Labute approximate surface area is 133 Å². The summed E-state index contributed by atoms with van der Waals surface area (Å²) >= 11 is 0. The van der Waals surface area contributed by atoms with Crippen molar-refractivity contribution in [1.29, 1.82) is 0 Å². The molecule has 1 aromatic carbocycles. The van der Waals surface area contributed by atoms with Crippen molar-refractivity contribution in [1.82, 2.24) is 5.32 Å². The molecule has 1 heterocycles. The van der Waals surface area contributed by atoms with E-state index < -0.39 is 42.7 Å². The van der Waals surface area contributed by atoms with Gasteiger partial charge in [-0.15, -0.1) is 0 Å². The summed E-state index contributed by atoms with van der Waals surface area (Å²) in [6.07, 6.45) is -4.48. The van der Waals surface area contributed by atoms with E-state index in [0.29, 0.717) is 0 Å². The molecular weight excluding hydrogens is 306 g/mol. The molecule has 1 saturated heterocycles. The number of carboxylic acids is 1. The first kappa shape index (κ1) is 17.8. The largest absolute Gasteiger partial charge is 0.480 e. The van der Waals surface area contributed by atoms with E-state index in [4.69, 9.17) is 4.74 Å². The van der Waals surface area contributed by atoms with Crippen molar-refractivity contribution in [3.63, 3.8) is 0 Å². The molecule has 0 aromatic heterocycles. The topological polar surface area (TPSA) is 139 Å². The number of aliphatic hydroxyl groups is 4. The lowest BCUT2D eigenvalue weighted by molar-refractivity contribution is -0.318. The molecule has 1 aliphatic rings. The minimum atomic E-state index is -2.18. The monoisotopic (exact) mass is 327 g/mol. The Morgan fingerprint density at radius 2 is 1.96 bits per heavy atom. The van der Waals surface area contributed by atoms with E-state index in [-0.39, 0.29) is 13.0 Å². The molecular formula is C15H21NO7. The molecule has 6 N–H and O–H groups in total. The lowest BCUT2D eigenvalue weighted by atomic mass is 9.96. The quantitative estimate of drug-likeness (QED) is 0.355. The third-order valence-electron chi connectivity index (χ3n) is 3.87. The van der Waals surface area contributed by atoms with Crippen molar-refractivity contribution >= 4 is 5.97 Å². The Morgan fingerprint density at radius 1 is 1.30 bits per heavy atom. The minimum Gasteiger partial charge on any atom is -0.480 e. The van der Waals surface area contributed by atoms with Crippen molar-refractivity contribution in [2.45, 2.75) is 36.6 Å². The predicted molar refractivity (Wildman–Crippen MR) is 78.5 cm³/mol. The lowest BCUT2D eigenvalue weighted by Crippen LogP contribution is -2.65. The number of hydrogen-bond donors (Lipinski definition) is 6. The van der Waals surface area contributed by atoms with E-state index >= 15 is 0 Å². The Kier molecular flexibility index (Phi) is 5.69. The van der Waals surface area contributed by atoms with Crippen LogP contribution in [0.4, 0.5) is 0 Å². The van der Waals surface area contributed by atoms with E-state index in [1.807, 2.05) is 6.07 Å². The van der Waals surface area contributed by atoms with Crippen LogP contribution in [-0.2, 0) is 16.0 Å². The first-order valence-electron chi connectivity index (χ1n) is 7.24. The molecule has 0 aliphatic carbocycles. The average molecular weight is 327 g/mol. The van der Waals surface area contributed by atoms with Crippen LogP contribution in [0.3, 0.4) is 0 Å². The smallest absolute Gasteiger partial charge is 0.321 e. The number of aliphatic carboxylic acids is 1. The van der Waals surface area contributed by atoms with Crippen LogP contribution in [0.2, 0.25) is 0 Å². The maximum absolute atomic E-state index is 11.3. The molecule has 1 aromatic rings. The van der Waals surface area contributed by atoms with Crippen LogP contribution >= 0.6 is 0 Å². The van der Waals surface area contributed by atoms with E-state index in [1.165, 1.54) is 0 Å². The lowest BCUT2D eigenvalue weighted by Gasteiger charge is -2.42. The van der Waals surface area contributed by atoms with Gasteiger partial charge in [0.15, 0.2) is 0 Å². The van der Waals surface area contributed by atoms with Crippen molar-refractivity contribution in [2.75, 3.05) is 13.2 Å². The van der Waals surface area contributed by atoms with Gasteiger partial charge >= 0.3 is 5.97 Å². The molecule has 0 spiro atoms. The number of nitrogens with one attached hydrogen (secondary N) is 1. The van der Waals surface area contributed by atoms with Gasteiger partial charge in [0.25, 0.3) is 0 Å². The number of rotatable bonds is 6. The molecule has 1 aliphatic heterocycles. The van der Waals surface area contributed by atoms with Crippen LogP contribution in [-0.4, -0.2) is 74.8 Å². The summed E-state index contributed by atoms with van der Waals surface area (Å²) in [5.74, 6) is -3.30. The molecule has 8 nitrogen and oxygen atoms in total. The van der Waals surface area contributed by atoms with Crippen LogP contribution in [0, 0.1) is 0 Å². The fourth-order valence-electron chi connectivity index (χ4n) is 2.41. The molecule has 0 saturated carbocycles. The zero-order valence-electron chi connectivity index (χ0n) is 12.4. The number of carbonyl (C=O) groups is 1. The standard InChI is InChI=1S/C15H21NO7/c17-11-7-23-15(22,13(19)12(11)18)8-16-10(14(20)21)6-9-4-2-1-3-5-9/h1-5,10-13,16-19,22H,6-8H2,(H,20,21)/t10-,11-,12-,13+,15+/m1/s1. The molecule has 128 valence electrons. The molecule has 0 radical (unpaired) electrons. The number of carboxylic acid groups (broad SMARTS) is 1. The van der Waals surface area contributed by atoms with Crippen molar-refractivity contribution in [3.8, 4) is 0 Å². The maximum Gasteiger partial charge on any atom is 0.321 e. The minimum absolute atomic E-state index is 0.174. The van der Waals surface area contributed by atoms with Crippen LogP contribution in [0.1, 0.15) is 5.56 Å². The van der Waals surface area contributed by atoms with Crippen molar-refractivity contribution in [2.24, 2.45) is 0 Å². The molecule has 8 heteroatoms. The van der Waals surface area contributed by atoms with Gasteiger partial charge in [-0.3, -0.25) is 10.1 Å². The Morgan fingerprint density at radius 3 is 2.57 bits per heavy atom. The summed E-state index contributed by atoms with van der Waals surface area (Å²) in [5, 5.41) is 50.9. The third-order valence-corrected chi connectivity index (χ3v) is 3.87. The van der Waals surface area contributed by atoms with Gasteiger partial charge in [0, 0.05) is 0 Å². The fourth-order valence-corrected chi connectivity index (χ4v) is 2.41. The fraction of sp³-hybridized carbons (Fsp3) is 0.533. The van der Waals surface area contributed by atoms with Gasteiger partial charge in [0.1, 0.15) is 24.4 Å². The molecule has 0 amide bonds. The Balaban J connectivity index is 1.99. The van der Waals surface area contributed by atoms with Crippen molar-refractivity contribution < 1.29 is 35.1 Å². The maximum atomic E-state index is 11.3. The average Bonchev–Trinajstić information content (AvgIpc) is 2.54. The highest BCUT2D eigenvalue weighted by Crippen LogP contribution is 2.23. The summed E-state index contributed by atoms with van der Waals surface area (Å²) in [5.41, 5.74) is 0.792. The first-order chi connectivity index (χ1) is 10.8. The molecule has 5 atom stereocenters. The van der Waals surface area contributed by atoms with E-state index in [2.05, 4.69) is 5.32 Å². The normalized spacial score (nSPS) is 32.4. The van der Waals surface area contributed by atoms with Gasteiger partial charge in [-0.1, -0.05) is 30.3 Å². The number of hydrogen-bond acceptors (Lipinski definition) is 7. The molecule has 1 fully saturated rings. The van der Waals surface area contributed by atoms with Gasteiger partial charge in [-0.25, -0.2) is 0 Å². The van der Waals surface area contributed by atoms with E-state index in [0.717, 1.165) is 5.56 Å². The second-order valence-corrected chi connectivity index (χ2v) is 5.62. The second kappa shape index (κ2) is 7.35. The molecule has 23 heavy (non-hydrogen) atoms. The van der Waals surface area contributed by atoms with Gasteiger partial charge in [-0.2, -0.15) is 0 Å². The van der Waals surface area contributed by atoms with Crippen LogP contribution in [0.5, 0.6) is 0 Å². The summed E-state index contributed by atoms with van der Waals surface area (Å²) in [7, 11) is 0. The van der Waals surface area contributed by atoms with E-state index in [9.17, 15) is 30.3 Å². The Bertz CT molecular complexity index is 526. The molecule has 2 rings (SSSR count). The zero-order chi connectivity index (χ0) is 17.0. The highest BCUT2D eigenvalue weighted by Gasteiger charge is 2.48. The Hall–Kier alpha value is -1.55. The van der Waals surface area contributed by atoms with Gasteiger partial charge < -0.3 is 30.3 Å². The van der Waals surface area contributed by atoms with Crippen LogP contribution in [0.15, 0.2) is 30.3 Å². The highest BCUT2D eigenvalue weighted by atomic mass is 16.6. The van der Waals surface area contributed by atoms with Gasteiger partial charge in [-0.05, 0) is 12.0 Å². The van der Waals surface area contributed by atoms with Crippen LogP contribution < -0.4 is 5.32 Å². The highest BCUT2D eigenvalue weighted by molar-refractivity contribution is 5.73. The molecule has 0 unspecified atom stereocenters. The van der Waals surface area contributed by atoms with Gasteiger partial charge in [0.05, 0.1) is 13.2 Å².